The average molecular weight is 364 g/mol. The van der Waals surface area contributed by atoms with Gasteiger partial charge in [0.15, 0.2) is 0 Å². The first-order valence-electron chi connectivity index (χ1n) is 9.30. The van der Waals surface area contributed by atoms with Gasteiger partial charge in [-0.05, 0) is 19.9 Å². The molecule has 0 aromatic carbocycles. The number of morpholine rings is 1. The molecule has 0 spiro atoms. The highest BCUT2D eigenvalue weighted by Gasteiger charge is 2.33. The van der Waals surface area contributed by atoms with Gasteiger partial charge in [-0.2, -0.15) is 5.10 Å². The van der Waals surface area contributed by atoms with E-state index in [0.29, 0.717) is 52.2 Å². The van der Waals surface area contributed by atoms with Gasteiger partial charge in [-0.15, -0.1) is 0 Å². The Labute approximate surface area is 153 Å². The number of hydrogen-bond donors (Lipinski definition) is 1. The zero-order valence-corrected chi connectivity index (χ0v) is 15.3. The Bertz CT molecular complexity index is 587. The van der Waals surface area contributed by atoms with Crippen molar-refractivity contribution in [1.29, 1.82) is 0 Å². The Morgan fingerprint density at radius 1 is 1.23 bits per heavy atom. The monoisotopic (exact) mass is 364 g/mol. The summed E-state index contributed by atoms with van der Waals surface area (Å²) in [5, 5.41) is 6.99. The van der Waals surface area contributed by atoms with Gasteiger partial charge in [0.05, 0.1) is 19.8 Å². The molecule has 0 radical (unpaired) electrons. The molecule has 3 rings (SSSR count). The van der Waals surface area contributed by atoms with Crippen LogP contribution in [0.2, 0.25) is 0 Å². The third kappa shape index (κ3) is 5.01. The van der Waals surface area contributed by atoms with Crippen molar-refractivity contribution < 1.29 is 14.3 Å². The van der Waals surface area contributed by atoms with Crippen molar-refractivity contribution >= 4 is 11.8 Å². The lowest BCUT2D eigenvalue weighted by Crippen LogP contribution is -2.45. The molecule has 1 aromatic heterocycles. The van der Waals surface area contributed by atoms with E-state index in [1.807, 2.05) is 4.90 Å². The molecule has 0 aliphatic carbocycles. The van der Waals surface area contributed by atoms with Crippen LogP contribution in [-0.2, 0) is 20.9 Å². The minimum atomic E-state index is 0.0155. The molecule has 26 heavy (non-hydrogen) atoms. The van der Waals surface area contributed by atoms with Gasteiger partial charge < -0.3 is 15.0 Å². The average Bonchev–Trinajstić information content (AvgIpc) is 3.30. The van der Waals surface area contributed by atoms with E-state index < -0.39 is 0 Å². The fourth-order valence-corrected chi connectivity index (χ4v) is 3.61. The second-order valence-electron chi connectivity index (χ2n) is 6.96. The van der Waals surface area contributed by atoms with Crippen LogP contribution in [0.5, 0.6) is 0 Å². The Balaban J connectivity index is 1.37. The van der Waals surface area contributed by atoms with E-state index in [1.165, 1.54) is 6.33 Å². The van der Waals surface area contributed by atoms with Crippen molar-refractivity contribution in [3.8, 4) is 0 Å². The maximum absolute atomic E-state index is 12.4. The number of hydrogen-bond acceptors (Lipinski definition) is 6. The van der Waals surface area contributed by atoms with Crippen LogP contribution < -0.4 is 5.32 Å². The fourth-order valence-electron chi connectivity index (χ4n) is 3.61. The van der Waals surface area contributed by atoms with Crippen LogP contribution in [0.25, 0.3) is 0 Å². The smallest absolute Gasteiger partial charge is 0.224 e. The number of rotatable bonds is 7. The molecule has 9 nitrogen and oxygen atoms in total. The standard InChI is InChI=1S/C17H28N6O3/c1-21-14(10-17(25)22-6-8-26-9-7-22)2-3-15(21)11-19-16(24)4-5-23-13-18-12-20-23/h12-15H,2-11H2,1H3,(H,19,24)/t14-,15+/m1/s1. The van der Waals surface area contributed by atoms with E-state index in [9.17, 15) is 9.59 Å². The highest BCUT2D eigenvalue weighted by molar-refractivity contribution is 5.77. The molecule has 2 aliphatic rings. The number of carbonyl (C=O) groups excluding carboxylic acids is 2. The number of aryl methyl sites for hydroxylation is 1. The number of likely N-dealkylation sites (tertiary alicyclic amines) is 1. The lowest BCUT2D eigenvalue weighted by molar-refractivity contribution is -0.136. The van der Waals surface area contributed by atoms with E-state index >= 15 is 0 Å². The first-order chi connectivity index (χ1) is 12.6. The minimum absolute atomic E-state index is 0.0155. The molecule has 9 heteroatoms. The van der Waals surface area contributed by atoms with E-state index in [0.717, 1.165) is 12.8 Å². The summed E-state index contributed by atoms with van der Waals surface area (Å²) in [5.41, 5.74) is 0. The summed E-state index contributed by atoms with van der Waals surface area (Å²) in [6, 6.07) is 0.537. The van der Waals surface area contributed by atoms with Crippen LogP contribution in [0, 0.1) is 0 Å². The maximum atomic E-state index is 12.4. The van der Waals surface area contributed by atoms with Crippen molar-refractivity contribution in [3.05, 3.63) is 12.7 Å². The molecule has 144 valence electrons. The zero-order valence-electron chi connectivity index (χ0n) is 15.3. The zero-order chi connectivity index (χ0) is 18.4. The van der Waals surface area contributed by atoms with Gasteiger partial charge in [-0.3, -0.25) is 19.2 Å². The summed E-state index contributed by atoms with van der Waals surface area (Å²) < 4.78 is 6.95. The van der Waals surface area contributed by atoms with Crippen LogP contribution in [-0.4, -0.2) is 88.4 Å². The quantitative estimate of drug-likeness (QED) is 0.701. The van der Waals surface area contributed by atoms with Crippen molar-refractivity contribution in [3.63, 3.8) is 0 Å². The van der Waals surface area contributed by atoms with Gasteiger partial charge in [0.1, 0.15) is 12.7 Å². The Kier molecular flexibility index (Phi) is 6.56. The van der Waals surface area contributed by atoms with E-state index in [4.69, 9.17) is 4.74 Å². The van der Waals surface area contributed by atoms with Gasteiger partial charge in [0.25, 0.3) is 0 Å². The summed E-state index contributed by atoms with van der Waals surface area (Å²) in [4.78, 5) is 32.4. The Hall–Kier alpha value is -2.00. The number of ether oxygens (including phenoxy) is 1. The van der Waals surface area contributed by atoms with Crippen LogP contribution in [0.3, 0.4) is 0 Å². The topological polar surface area (TPSA) is 92.6 Å². The number of nitrogens with zero attached hydrogens (tertiary/aromatic N) is 5. The Morgan fingerprint density at radius 3 is 2.73 bits per heavy atom. The molecule has 2 amide bonds. The summed E-state index contributed by atoms with van der Waals surface area (Å²) in [5.74, 6) is 0.226. The molecule has 2 fully saturated rings. The molecule has 3 heterocycles. The molecule has 2 atom stereocenters. The van der Waals surface area contributed by atoms with Crippen LogP contribution in [0.15, 0.2) is 12.7 Å². The highest BCUT2D eigenvalue weighted by Crippen LogP contribution is 2.25. The predicted octanol–water partition coefficient (Wildman–Crippen LogP) is -0.504. The number of aromatic nitrogens is 3. The number of carbonyl (C=O) groups is 2. The van der Waals surface area contributed by atoms with E-state index in [-0.39, 0.29) is 23.9 Å². The van der Waals surface area contributed by atoms with E-state index in [2.05, 4.69) is 27.3 Å². The molecule has 0 saturated carbocycles. The molecule has 2 aliphatic heterocycles. The lowest BCUT2D eigenvalue weighted by Gasteiger charge is -2.30. The predicted molar refractivity (Wildman–Crippen MR) is 94.2 cm³/mol. The summed E-state index contributed by atoms with van der Waals surface area (Å²) in [6.45, 7) is 3.81. The lowest BCUT2D eigenvalue weighted by atomic mass is 10.1. The van der Waals surface area contributed by atoms with Crippen LogP contribution >= 0.6 is 0 Å². The van der Waals surface area contributed by atoms with Gasteiger partial charge >= 0.3 is 0 Å². The fraction of sp³-hybridized carbons (Fsp3) is 0.765. The number of nitrogens with one attached hydrogen (secondary N) is 1. The third-order valence-electron chi connectivity index (χ3n) is 5.33. The normalized spacial score (nSPS) is 24.0. The largest absolute Gasteiger partial charge is 0.378 e. The molecular weight excluding hydrogens is 336 g/mol. The second kappa shape index (κ2) is 9.09. The van der Waals surface area contributed by atoms with Crippen LogP contribution in [0.1, 0.15) is 25.7 Å². The van der Waals surface area contributed by atoms with Crippen molar-refractivity contribution in [2.75, 3.05) is 39.9 Å². The van der Waals surface area contributed by atoms with Crippen molar-refractivity contribution in [2.45, 2.75) is 44.3 Å². The van der Waals surface area contributed by atoms with Crippen molar-refractivity contribution in [2.24, 2.45) is 0 Å². The number of amides is 2. The molecule has 2 saturated heterocycles. The molecule has 0 bridgehead atoms. The van der Waals surface area contributed by atoms with Gasteiger partial charge in [-0.25, -0.2) is 4.98 Å². The maximum Gasteiger partial charge on any atom is 0.224 e. The van der Waals surface area contributed by atoms with Crippen molar-refractivity contribution in [1.82, 2.24) is 29.9 Å². The molecule has 1 N–H and O–H groups in total. The summed E-state index contributed by atoms with van der Waals surface area (Å²) in [6.07, 6.45) is 6.00. The second-order valence-corrected chi connectivity index (χ2v) is 6.96. The van der Waals surface area contributed by atoms with Crippen LogP contribution in [0.4, 0.5) is 0 Å². The molecule has 0 unspecified atom stereocenters. The first-order valence-corrected chi connectivity index (χ1v) is 9.30. The third-order valence-corrected chi connectivity index (χ3v) is 5.33. The van der Waals surface area contributed by atoms with Gasteiger partial charge in [0, 0.05) is 44.6 Å². The SMILES string of the molecule is CN1[C@@H](CC(=O)N2CCOCC2)CC[C@H]1CNC(=O)CCn1cncn1. The highest BCUT2D eigenvalue weighted by atomic mass is 16.5. The van der Waals surface area contributed by atoms with Gasteiger partial charge in [-0.1, -0.05) is 0 Å². The summed E-state index contributed by atoms with van der Waals surface area (Å²) in [7, 11) is 2.05. The van der Waals surface area contributed by atoms with Gasteiger partial charge in [0.2, 0.25) is 11.8 Å². The Morgan fingerprint density at radius 2 is 2.00 bits per heavy atom. The summed E-state index contributed by atoms with van der Waals surface area (Å²) >= 11 is 0. The number of likely N-dealkylation sites (N-methyl/N-ethyl adjacent to an activating group) is 1. The minimum Gasteiger partial charge on any atom is -0.378 e. The molecule has 1 aromatic rings. The first kappa shape index (κ1) is 18.8. The molecular formula is C17H28N6O3. The van der Waals surface area contributed by atoms with E-state index in [1.54, 1.807) is 11.0 Å².